The van der Waals surface area contributed by atoms with Crippen LogP contribution in [0.25, 0.3) is 21.8 Å². The molecule has 4 unspecified atom stereocenters. The molecule has 214 valence electrons. The summed E-state index contributed by atoms with van der Waals surface area (Å²) < 4.78 is 0. The third-order valence-corrected chi connectivity index (χ3v) is 7.73. The molecule has 1 aliphatic rings. The van der Waals surface area contributed by atoms with E-state index in [1.165, 1.54) is 11.8 Å². The SMILES string of the molecule is CC(NC(=O)C(Cc1c[nH]c2ccccc12)NC(=O)C(N)Cc1c[nH]c2ccccc12)C(=O)N1CCCC1C(=O)O. The van der Waals surface area contributed by atoms with Gasteiger partial charge in [0.05, 0.1) is 6.04 Å². The fourth-order valence-corrected chi connectivity index (χ4v) is 5.55. The van der Waals surface area contributed by atoms with Gasteiger partial charge in [0.25, 0.3) is 0 Å². The largest absolute Gasteiger partial charge is 0.480 e. The van der Waals surface area contributed by atoms with Gasteiger partial charge < -0.3 is 36.3 Å². The van der Waals surface area contributed by atoms with E-state index >= 15 is 0 Å². The number of rotatable bonds is 10. The quantitative estimate of drug-likeness (QED) is 0.173. The van der Waals surface area contributed by atoms with Gasteiger partial charge in [-0.05, 0) is 49.4 Å². The summed E-state index contributed by atoms with van der Waals surface area (Å²) in [4.78, 5) is 59.1. The molecule has 1 fully saturated rings. The van der Waals surface area contributed by atoms with Gasteiger partial charge in [-0.1, -0.05) is 36.4 Å². The molecule has 11 nitrogen and oxygen atoms in total. The Morgan fingerprint density at radius 2 is 1.51 bits per heavy atom. The fraction of sp³-hybridized carbons (Fsp3) is 0.333. The zero-order valence-electron chi connectivity index (χ0n) is 22.7. The first kappa shape index (κ1) is 27.9. The molecule has 0 bridgehead atoms. The third-order valence-electron chi connectivity index (χ3n) is 7.73. The van der Waals surface area contributed by atoms with Gasteiger partial charge in [0.15, 0.2) is 0 Å². The molecular weight excluding hydrogens is 524 g/mol. The average Bonchev–Trinajstić information content (AvgIpc) is 3.71. The van der Waals surface area contributed by atoms with Crippen molar-refractivity contribution in [3.8, 4) is 0 Å². The van der Waals surface area contributed by atoms with Gasteiger partial charge in [-0.25, -0.2) is 4.79 Å². The van der Waals surface area contributed by atoms with Crippen LogP contribution in [0.2, 0.25) is 0 Å². The molecule has 1 aliphatic heterocycles. The smallest absolute Gasteiger partial charge is 0.326 e. The number of carbonyl (C=O) groups is 4. The van der Waals surface area contributed by atoms with Crippen molar-refractivity contribution in [2.24, 2.45) is 5.73 Å². The lowest BCUT2D eigenvalue weighted by molar-refractivity contribution is -0.149. The summed E-state index contributed by atoms with van der Waals surface area (Å²) in [6, 6.07) is 11.5. The second-order valence-corrected chi connectivity index (χ2v) is 10.6. The number of carboxylic acid groups (broad SMARTS) is 1. The minimum Gasteiger partial charge on any atom is -0.480 e. The minimum absolute atomic E-state index is 0.157. The molecule has 2 aromatic carbocycles. The van der Waals surface area contributed by atoms with Crippen LogP contribution in [-0.4, -0.2) is 74.4 Å². The second-order valence-electron chi connectivity index (χ2n) is 10.6. The van der Waals surface area contributed by atoms with Crippen molar-refractivity contribution in [1.82, 2.24) is 25.5 Å². The van der Waals surface area contributed by atoms with Crippen LogP contribution in [0.1, 0.15) is 30.9 Å². The molecule has 11 heteroatoms. The van der Waals surface area contributed by atoms with Crippen LogP contribution in [0.5, 0.6) is 0 Å². The Balaban J connectivity index is 1.32. The van der Waals surface area contributed by atoms with Crippen molar-refractivity contribution in [3.05, 3.63) is 72.1 Å². The Hall–Kier alpha value is -4.64. The highest BCUT2D eigenvalue weighted by Crippen LogP contribution is 2.21. The average molecular weight is 559 g/mol. The van der Waals surface area contributed by atoms with E-state index in [9.17, 15) is 24.3 Å². The van der Waals surface area contributed by atoms with Crippen LogP contribution in [-0.2, 0) is 32.0 Å². The number of aliphatic carboxylic acids is 1. The monoisotopic (exact) mass is 558 g/mol. The first-order chi connectivity index (χ1) is 19.7. The zero-order valence-corrected chi connectivity index (χ0v) is 22.7. The lowest BCUT2D eigenvalue weighted by atomic mass is 10.0. The summed E-state index contributed by atoms with van der Waals surface area (Å²) in [5, 5.41) is 16.8. The summed E-state index contributed by atoms with van der Waals surface area (Å²) in [7, 11) is 0. The Morgan fingerprint density at radius 3 is 2.12 bits per heavy atom. The van der Waals surface area contributed by atoms with Crippen molar-refractivity contribution in [2.45, 2.75) is 56.8 Å². The Bertz CT molecular complexity index is 1590. The molecule has 7 N–H and O–H groups in total. The number of likely N-dealkylation sites (tertiary alicyclic amines) is 1. The van der Waals surface area contributed by atoms with Gasteiger partial charge in [-0.2, -0.15) is 0 Å². The third kappa shape index (κ3) is 5.94. The molecular formula is C30H34N6O5. The number of aromatic nitrogens is 2. The number of hydrogen-bond acceptors (Lipinski definition) is 5. The van der Waals surface area contributed by atoms with Crippen LogP contribution in [0.15, 0.2) is 60.9 Å². The van der Waals surface area contributed by atoms with Gasteiger partial charge in [-0.3, -0.25) is 14.4 Å². The van der Waals surface area contributed by atoms with Crippen LogP contribution >= 0.6 is 0 Å². The number of carbonyl (C=O) groups excluding carboxylic acids is 3. The van der Waals surface area contributed by atoms with Crippen LogP contribution in [0.3, 0.4) is 0 Å². The van der Waals surface area contributed by atoms with Crippen LogP contribution in [0, 0.1) is 0 Å². The molecule has 3 amide bonds. The standard InChI is InChI=1S/C30H34N6O5/c1-17(29(39)36-12-6-11-26(36)30(40)41)34-28(38)25(14-19-16-33-24-10-5-3-8-21(19)24)35-27(37)22(31)13-18-15-32-23-9-4-2-7-20(18)23/h2-5,7-10,15-17,22,25-26,32-33H,6,11-14,31H2,1H3,(H,34,38)(H,35,37)(H,40,41). The topological polar surface area (TPSA) is 173 Å². The number of carboxylic acids is 1. The maximum atomic E-state index is 13.5. The van der Waals surface area contributed by atoms with E-state index in [0.29, 0.717) is 19.4 Å². The van der Waals surface area contributed by atoms with E-state index in [4.69, 9.17) is 5.73 Å². The summed E-state index contributed by atoms with van der Waals surface area (Å²) in [6.07, 6.45) is 4.98. The summed E-state index contributed by atoms with van der Waals surface area (Å²) in [5.41, 5.74) is 9.84. The number of nitrogens with zero attached hydrogens (tertiary/aromatic N) is 1. The molecule has 5 rings (SSSR count). The molecule has 4 atom stereocenters. The van der Waals surface area contributed by atoms with Gasteiger partial charge in [-0.15, -0.1) is 0 Å². The minimum atomic E-state index is -1.07. The van der Waals surface area contributed by atoms with Crippen molar-refractivity contribution in [2.75, 3.05) is 6.54 Å². The molecule has 3 heterocycles. The number of H-pyrrole nitrogens is 2. The summed E-state index contributed by atoms with van der Waals surface area (Å²) in [6.45, 7) is 1.83. The van der Waals surface area contributed by atoms with Crippen molar-refractivity contribution < 1.29 is 24.3 Å². The number of nitrogens with two attached hydrogens (primary N) is 1. The van der Waals surface area contributed by atoms with Gasteiger partial charge in [0.2, 0.25) is 17.7 Å². The first-order valence-corrected chi connectivity index (χ1v) is 13.7. The van der Waals surface area contributed by atoms with Crippen LogP contribution in [0.4, 0.5) is 0 Å². The molecule has 1 saturated heterocycles. The number of hydrogen-bond donors (Lipinski definition) is 6. The molecule has 0 saturated carbocycles. The van der Waals surface area contributed by atoms with Crippen LogP contribution < -0.4 is 16.4 Å². The van der Waals surface area contributed by atoms with E-state index in [1.807, 2.05) is 54.7 Å². The van der Waals surface area contributed by atoms with Gasteiger partial charge >= 0.3 is 5.97 Å². The highest BCUT2D eigenvalue weighted by atomic mass is 16.4. The Kier molecular flexibility index (Phi) is 8.06. The molecule has 0 aliphatic carbocycles. The maximum Gasteiger partial charge on any atom is 0.326 e. The van der Waals surface area contributed by atoms with E-state index in [0.717, 1.165) is 32.9 Å². The fourth-order valence-electron chi connectivity index (χ4n) is 5.55. The number of nitrogens with one attached hydrogen (secondary N) is 4. The van der Waals surface area contributed by atoms with Crippen molar-refractivity contribution in [3.63, 3.8) is 0 Å². The zero-order chi connectivity index (χ0) is 29.1. The highest BCUT2D eigenvalue weighted by molar-refractivity contribution is 5.95. The predicted octanol–water partition coefficient (Wildman–Crippen LogP) is 1.83. The summed E-state index contributed by atoms with van der Waals surface area (Å²) in [5.74, 6) is -2.60. The number of aromatic amines is 2. The molecule has 41 heavy (non-hydrogen) atoms. The van der Waals surface area contributed by atoms with Gasteiger partial charge in [0, 0.05) is 47.2 Å². The van der Waals surface area contributed by atoms with E-state index < -0.39 is 47.9 Å². The number of benzene rings is 2. The molecule has 4 aromatic rings. The second kappa shape index (κ2) is 11.8. The molecule has 0 spiro atoms. The van der Waals surface area contributed by atoms with Gasteiger partial charge in [0.1, 0.15) is 18.1 Å². The maximum absolute atomic E-state index is 13.5. The Labute approximate surface area is 236 Å². The van der Waals surface area contributed by atoms with E-state index in [-0.39, 0.29) is 12.8 Å². The first-order valence-electron chi connectivity index (χ1n) is 13.7. The Morgan fingerprint density at radius 1 is 0.927 bits per heavy atom. The highest BCUT2D eigenvalue weighted by Gasteiger charge is 2.37. The number of amides is 3. The predicted molar refractivity (Wildman–Crippen MR) is 154 cm³/mol. The van der Waals surface area contributed by atoms with E-state index in [1.54, 1.807) is 6.20 Å². The molecule has 0 radical (unpaired) electrons. The lowest BCUT2D eigenvalue weighted by Gasteiger charge is -2.27. The number of para-hydroxylation sites is 2. The number of fused-ring (bicyclic) bond motifs is 2. The van der Waals surface area contributed by atoms with Crippen molar-refractivity contribution in [1.29, 1.82) is 0 Å². The lowest BCUT2D eigenvalue weighted by Crippen LogP contribution is -2.57. The normalized spacial score (nSPS) is 17.3. The molecule has 2 aromatic heterocycles. The van der Waals surface area contributed by atoms with Crippen molar-refractivity contribution >= 4 is 45.5 Å². The summed E-state index contributed by atoms with van der Waals surface area (Å²) >= 11 is 0. The van der Waals surface area contributed by atoms with E-state index in [2.05, 4.69) is 20.6 Å².